The van der Waals surface area contributed by atoms with Crippen LogP contribution in [0.2, 0.25) is 5.02 Å². The molecule has 2 aromatic rings. The first kappa shape index (κ1) is 15.3. The van der Waals surface area contributed by atoms with Gasteiger partial charge in [0, 0.05) is 37.4 Å². The van der Waals surface area contributed by atoms with Gasteiger partial charge in [-0.2, -0.15) is 0 Å². The lowest BCUT2D eigenvalue weighted by molar-refractivity contribution is 0.255. The molecule has 4 heteroatoms. The predicted molar refractivity (Wildman–Crippen MR) is 92.7 cm³/mol. The third-order valence-electron chi connectivity index (χ3n) is 4.24. The Kier molecular flexibility index (Phi) is 5.30. The fraction of sp³-hybridized carbons (Fsp3) is 0.389. The molecule has 1 aromatic carbocycles. The monoisotopic (exact) mass is 315 g/mol. The van der Waals surface area contributed by atoms with E-state index < -0.39 is 0 Å². The quantitative estimate of drug-likeness (QED) is 0.842. The van der Waals surface area contributed by atoms with Crippen LogP contribution in [0.5, 0.6) is 0 Å². The molecule has 3 nitrogen and oxygen atoms in total. The molecular weight excluding hydrogens is 294 g/mol. The topological polar surface area (TPSA) is 19.4 Å². The van der Waals surface area contributed by atoms with E-state index in [9.17, 15) is 0 Å². The average Bonchev–Trinajstić information content (AvgIpc) is 2.58. The van der Waals surface area contributed by atoms with Crippen LogP contribution >= 0.6 is 11.6 Å². The summed E-state index contributed by atoms with van der Waals surface area (Å²) in [7, 11) is 0. The van der Waals surface area contributed by atoms with Gasteiger partial charge >= 0.3 is 0 Å². The van der Waals surface area contributed by atoms with E-state index in [1.807, 2.05) is 30.6 Å². The summed E-state index contributed by atoms with van der Waals surface area (Å²) in [4.78, 5) is 9.18. The van der Waals surface area contributed by atoms with Gasteiger partial charge in [-0.3, -0.25) is 9.88 Å². The van der Waals surface area contributed by atoms with Crippen molar-refractivity contribution in [1.82, 2.24) is 9.88 Å². The number of aromatic nitrogens is 1. The molecule has 1 aliphatic rings. The summed E-state index contributed by atoms with van der Waals surface area (Å²) in [6, 6.07) is 12.4. The number of pyridine rings is 1. The van der Waals surface area contributed by atoms with E-state index in [-0.39, 0.29) is 0 Å². The van der Waals surface area contributed by atoms with Crippen LogP contribution in [-0.4, -0.2) is 42.6 Å². The second-order valence-corrected chi connectivity index (χ2v) is 6.21. The largest absolute Gasteiger partial charge is 0.368 e. The Morgan fingerprint density at radius 2 is 1.77 bits per heavy atom. The fourth-order valence-electron chi connectivity index (χ4n) is 2.93. The maximum Gasteiger partial charge on any atom is 0.0553 e. The molecule has 1 aliphatic heterocycles. The Morgan fingerprint density at radius 1 is 1.00 bits per heavy atom. The molecule has 1 aromatic heterocycles. The van der Waals surface area contributed by atoms with E-state index in [1.165, 1.54) is 24.2 Å². The zero-order valence-electron chi connectivity index (χ0n) is 12.8. The number of anilines is 1. The molecule has 0 atom stereocenters. The number of rotatable bonds is 5. The van der Waals surface area contributed by atoms with Crippen LogP contribution in [0.15, 0.2) is 48.8 Å². The van der Waals surface area contributed by atoms with Crippen LogP contribution in [0, 0.1) is 0 Å². The molecule has 0 N–H and O–H groups in total. The highest BCUT2D eigenvalue weighted by Crippen LogP contribution is 2.15. The molecule has 0 spiro atoms. The van der Waals surface area contributed by atoms with Crippen molar-refractivity contribution in [3.8, 4) is 0 Å². The maximum absolute atomic E-state index is 5.91. The van der Waals surface area contributed by atoms with Crippen molar-refractivity contribution in [2.24, 2.45) is 0 Å². The summed E-state index contributed by atoms with van der Waals surface area (Å²) in [5, 5.41) is 0.815. The zero-order chi connectivity index (χ0) is 15.2. The molecule has 0 radical (unpaired) electrons. The molecule has 22 heavy (non-hydrogen) atoms. The van der Waals surface area contributed by atoms with Gasteiger partial charge in [-0.05, 0) is 49.2 Å². The number of piperazine rings is 1. The van der Waals surface area contributed by atoms with Gasteiger partial charge in [-0.1, -0.05) is 23.7 Å². The minimum atomic E-state index is 0.815. The van der Waals surface area contributed by atoms with Crippen LogP contribution in [0.3, 0.4) is 0 Å². The van der Waals surface area contributed by atoms with E-state index in [4.69, 9.17) is 11.6 Å². The number of hydrogen-bond acceptors (Lipinski definition) is 3. The van der Waals surface area contributed by atoms with Gasteiger partial charge in [0.15, 0.2) is 0 Å². The van der Waals surface area contributed by atoms with Crippen molar-refractivity contribution >= 4 is 17.3 Å². The van der Waals surface area contributed by atoms with Crippen molar-refractivity contribution < 1.29 is 0 Å². The maximum atomic E-state index is 5.91. The van der Waals surface area contributed by atoms with Crippen LogP contribution in [0.1, 0.15) is 12.0 Å². The van der Waals surface area contributed by atoms with Crippen molar-refractivity contribution in [2.45, 2.75) is 12.8 Å². The van der Waals surface area contributed by atoms with Crippen molar-refractivity contribution in [3.05, 3.63) is 59.4 Å². The molecule has 0 bridgehead atoms. The van der Waals surface area contributed by atoms with E-state index >= 15 is 0 Å². The molecule has 0 amide bonds. The highest BCUT2D eigenvalue weighted by atomic mass is 35.5. The van der Waals surface area contributed by atoms with E-state index in [0.29, 0.717) is 0 Å². The van der Waals surface area contributed by atoms with Gasteiger partial charge in [0.1, 0.15) is 0 Å². The number of benzene rings is 1. The molecule has 1 fully saturated rings. The van der Waals surface area contributed by atoms with Crippen molar-refractivity contribution in [2.75, 3.05) is 37.6 Å². The summed E-state index contributed by atoms with van der Waals surface area (Å²) < 4.78 is 0. The minimum Gasteiger partial charge on any atom is -0.368 e. The van der Waals surface area contributed by atoms with E-state index in [1.54, 1.807) is 0 Å². The van der Waals surface area contributed by atoms with Crippen LogP contribution in [0.25, 0.3) is 0 Å². The van der Waals surface area contributed by atoms with Crippen molar-refractivity contribution in [1.29, 1.82) is 0 Å². The second-order valence-electron chi connectivity index (χ2n) is 5.77. The molecule has 0 saturated carbocycles. The molecule has 1 saturated heterocycles. The van der Waals surface area contributed by atoms with Gasteiger partial charge in [-0.15, -0.1) is 0 Å². The SMILES string of the molecule is Clc1ccc(CCCN2CCN(c3cccnc3)CC2)cc1. The molecular formula is C18H22ClN3. The second kappa shape index (κ2) is 7.61. The molecule has 116 valence electrons. The summed E-state index contributed by atoms with van der Waals surface area (Å²) in [6.45, 7) is 5.62. The van der Waals surface area contributed by atoms with Crippen molar-refractivity contribution in [3.63, 3.8) is 0 Å². The number of aryl methyl sites for hydroxylation is 1. The standard InChI is InChI=1S/C18H22ClN3/c19-17-7-5-16(6-8-17)3-2-10-21-11-13-22(14-12-21)18-4-1-9-20-15-18/h1,4-9,15H,2-3,10-14H2. The lowest BCUT2D eigenvalue weighted by Crippen LogP contribution is -2.46. The van der Waals surface area contributed by atoms with Crippen LogP contribution < -0.4 is 4.90 Å². The summed E-state index contributed by atoms with van der Waals surface area (Å²) in [5.74, 6) is 0. The van der Waals surface area contributed by atoms with Gasteiger partial charge < -0.3 is 4.90 Å². The number of halogens is 1. The normalized spacial score (nSPS) is 16.0. The molecule has 3 rings (SSSR count). The molecule has 0 unspecified atom stereocenters. The minimum absolute atomic E-state index is 0.815. The summed E-state index contributed by atoms with van der Waals surface area (Å²) in [6.07, 6.45) is 6.11. The van der Waals surface area contributed by atoms with Gasteiger partial charge in [0.2, 0.25) is 0 Å². The predicted octanol–water partition coefficient (Wildman–Crippen LogP) is 3.49. The molecule has 0 aliphatic carbocycles. The van der Waals surface area contributed by atoms with E-state index in [2.05, 4.69) is 33.0 Å². The summed E-state index contributed by atoms with van der Waals surface area (Å²) in [5.41, 5.74) is 2.61. The smallest absolute Gasteiger partial charge is 0.0553 e. The van der Waals surface area contributed by atoms with Crippen LogP contribution in [0.4, 0.5) is 5.69 Å². The Morgan fingerprint density at radius 3 is 2.45 bits per heavy atom. The summed E-state index contributed by atoms with van der Waals surface area (Å²) >= 11 is 5.91. The van der Waals surface area contributed by atoms with Gasteiger partial charge in [0.25, 0.3) is 0 Å². The van der Waals surface area contributed by atoms with Gasteiger partial charge in [-0.25, -0.2) is 0 Å². The number of hydrogen-bond donors (Lipinski definition) is 0. The van der Waals surface area contributed by atoms with E-state index in [0.717, 1.165) is 37.6 Å². The Labute approximate surface area is 137 Å². The Balaban J connectivity index is 1.40. The lowest BCUT2D eigenvalue weighted by atomic mass is 10.1. The van der Waals surface area contributed by atoms with Gasteiger partial charge in [0.05, 0.1) is 11.9 Å². The first-order chi connectivity index (χ1) is 10.8. The fourth-order valence-corrected chi connectivity index (χ4v) is 3.05. The first-order valence-electron chi connectivity index (χ1n) is 7.93. The first-order valence-corrected chi connectivity index (χ1v) is 8.31. The zero-order valence-corrected chi connectivity index (χ0v) is 13.5. The third-order valence-corrected chi connectivity index (χ3v) is 4.49. The highest BCUT2D eigenvalue weighted by Gasteiger charge is 2.16. The highest BCUT2D eigenvalue weighted by molar-refractivity contribution is 6.30. The number of nitrogens with zero attached hydrogens (tertiary/aromatic N) is 3. The average molecular weight is 316 g/mol. The lowest BCUT2D eigenvalue weighted by Gasteiger charge is -2.35. The van der Waals surface area contributed by atoms with Crippen LogP contribution in [-0.2, 0) is 6.42 Å². The Bertz CT molecular complexity index is 563. The third kappa shape index (κ3) is 4.21. The Hall–Kier alpha value is -1.58. The molecule has 2 heterocycles.